The molecule has 0 spiro atoms. The van der Waals surface area contributed by atoms with Gasteiger partial charge in [0.15, 0.2) is 4.77 Å². The van der Waals surface area contributed by atoms with E-state index in [4.69, 9.17) is 12.2 Å². The first-order chi connectivity index (χ1) is 7.18. The predicted octanol–water partition coefficient (Wildman–Crippen LogP) is 1.49. The number of aromatic nitrogens is 4. The highest BCUT2D eigenvalue weighted by atomic mass is 32.1. The van der Waals surface area contributed by atoms with E-state index < -0.39 is 0 Å². The Morgan fingerprint density at radius 1 is 1.67 bits per heavy atom. The topological polar surface area (TPSA) is 66.5 Å². The van der Waals surface area contributed by atoms with E-state index >= 15 is 0 Å². The third-order valence-electron chi connectivity index (χ3n) is 2.10. The van der Waals surface area contributed by atoms with Crippen LogP contribution in [0.4, 0.5) is 0 Å². The van der Waals surface area contributed by atoms with Crippen LogP contribution in [0.3, 0.4) is 0 Å². The lowest BCUT2D eigenvalue weighted by Gasteiger charge is -2.07. The Labute approximate surface area is 94.8 Å². The molecule has 2 heterocycles. The van der Waals surface area contributed by atoms with Crippen molar-refractivity contribution in [3.63, 3.8) is 0 Å². The first-order valence-corrected chi connectivity index (χ1v) is 5.74. The van der Waals surface area contributed by atoms with Gasteiger partial charge in [0.1, 0.15) is 0 Å². The highest BCUT2D eigenvalue weighted by Crippen LogP contribution is 2.18. The van der Waals surface area contributed by atoms with Gasteiger partial charge in [0, 0.05) is 24.0 Å². The fourth-order valence-corrected chi connectivity index (χ4v) is 2.23. The molecular weight excluding hydrogens is 232 g/mol. The van der Waals surface area contributed by atoms with E-state index in [1.165, 1.54) is 4.57 Å². The molecule has 1 atom stereocenters. The number of H-pyrrole nitrogens is 2. The summed E-state index contributed by atoms with van der Waals surface area (Å²) in [5.41, 5.74) is -0.205. The Morgan fingerprint density at radius 3 is 3.00 bits per heavy atom. The number of nitrogens with one attached hydrogen (secondary N) is 2. The van der Waals surface area contributed by atoms with Crippen molar-refractivity contribution in [2.45, 2.75) is 19.4 Å². The minimum Gasteiger partial charge on any atom is -0.272 e. The van der Waals surface area contributed by atoms with Gasteiger partial charge >= 0.3 is 5.69 Å². The van der Waals surface area contributed by atoms with E-state index in [0.717, 1.165) is 5.01 Å². The van der Waals surface area contributed by atoms with Gasteiger partial charge in [-0.05, 0) is 12.2 Å². The minimum absolute atomic E-state index is 0.189. The maximum absolute atomic E-state index is 11.3. The molecule has 0 aliphatic heterocycles. The summed E-state index contributed by atoms with van der Waals surface area (Å²) in [5.74, 6) is 0.189. The van der Waals surface area contributed by atoms with Gasteiger partial charge in [-0.15, -0.1) is 11.3 Å². The normalized spacial score (nSPS) is 12.9. The van der Waals surface area contributed by atoms with E-state index in [-0.39, 0.29) is 11.6 Å². The minimum atomic E-state index is -0.205. The summed E-state index contributed by atoms with van der Waals surface area (Å²) in [5, 5.41) is 7.99. The van der Waals surface area contributed by atoms with Gasteiger partial charge in [0.2, 0.25) is 0 Å². The Kier molecular flexibility index (Phi) is 2.83. The van der Waals surface area contributed by atoms with Crippen LogP contribution in [0, 0.1) is 4.77 Å². The van der Waals surface area contributed by atoms with E-state index in [1.807, 2.05) is 12.3 Å². The van der Waals surface area contributed by atoms with Gasteiger partial charge in [-0.3, -0.25) is 9.67 Å². The fraction of sp³-hybridized carbons (Fsp3) is 0.375. The van der Waals surface area contributed by atoms with Crippen molar-refractivity contribution in [2.75, 3.05) is 0 Å². The number of nitrogens with zero attached hydrogens (tertiary/aromatic N) is 2. The average Bonchev–Trinajstić information content (AvgIpc) is 2.82. The van der Waals surface area contributed by atoms with Crippen LogP contribution in [0.25, 0.3) is 0 Å². The number of hydrogen-bond acceptors (Lipinski definition) is 4. The predicted molar refractivity (Wildman–Crippen MR) is 60.8 cm³/mol. The van der Waals surface area contributed by atoms with Crippen LogP contribution in [0.15, 0.2) is 16.4 Å². The standard InChI is InChI=1S/C8H10N4OS2/c1-5(6-9-2-3-15-6)4-12-7(13)10-11-8(12)14/h2-3,5H,4H2,1H3,(H,10,13)(H,11,14). The Hall–Kier alpha value is -1.21. The molecule has 0 aromatic carbocycles. The largest absolute Gasteiger partial charge is 0.342 e. The van der Waals surface area contributed by atoms with Crippen molar-refractivity contribution in [3.05, 3.63) is 31.8 Å². The molecule has 2 aromatic rings. The summed E-state index contributed by atoms with van der Waals surface area (Å²) in [7, 11) is 0. The van der Waals surface area contributed by atoms with Crippen molar-refractivity contribution >= 4 is 23.6 Å². The van der Waals surface area contributed by atoms with E-state index in [0.29, 0.717) is 11.3 Å². The molecule has 0 aliphatic rings. The van der Waals surface area contributed by atoms with Crippen LogP contribution in [0.5, 0.6) is 0 Å². The highest BCUT2D eigenvalue weighted by molar-refractivity contribution is 7.71. The molecule has 80 valence electrons. The third-order valence-corrected chi connectivity index (χ3v) is 3.43. The first-order valence-electron chi connectivity index (χ1n) is 4.45. The van der Waals surface area contributed by atoms with Crippen molar-refractivity contribution in [2.24, 2.45) is 0 Å². The second-order valence-electron chi connectivity index (χ2n) is 3.24. The summed E-state index contributed by atoms with van der Waals surface area (Å²) in [6, 6.07) is 0. The molecule has 7 heteroatoms. The maximum atomic E-state index is 11.3. The SMILES string of the molecule is CC(Cn1c(=O)[nH][nH]c1=S)c1nccs1. The second kappa shape index (κ2) is 4.11. The Bertz CT molecular complexity index is 508. The lowest BCUT2D eigenvalue weighted by Crippen LogP contribution is -2.19. The second-order valence-corrected chi connectivity index (χ2v) is 4.56. The molecule has 0 saturated carbocycles. The molecule has 0 bridgehead atoms. The van der Waals surface area contributed by atoms with Crippen LogP contribution in [0.2, 0.25) is 0 Å². The van der Waals surface area contributed by atoms with Gasteiger partial charge in [-0.1, -0.05) is 6.92 Å². The van der Waals surface area contributed by atoms with Crippen LogP contribution < -0.4 is 5.69 Å². The molecule has 0 radical (unpaired) electrons. The molecule has 0 aliphatic carbocycles. The summed E-state index contributed by atoms with van der Waals surface area (Å²) >= 11 is 6.56. The van der Waals surface area contributed by atoms with Crippen molar-refractivity contribution < 1.29 is 0 Å². The number of thiazole rings is 1. The smallest absolute Gasteiger partial charge is 0.272 e. The molecule has 0 saturated heterocycles. The molecule has 0 fully saturated rings. The molecule has 0 amide bonds. The first kappa shape index (κ1) is 10.3. The lowest BCUT2D eigenvalue weighted by molar-refractivity contribution is 0.574. The Morgan fingerprint density at radius 2 is 2.47 bits per heavy atom. The molecule has 2 rings (SSSR count). The van der Waals surface area contributed by atoms with Gasteiger partial charge in [0.05, 0.1) is 5.01 Å². The maximum Gasteiger partial charge on any atom is 0.342 e. The molecular formula is C8H10N4OS2. The van der Waals surface area contributed by atoms with Crippen LogP contribution in [0.1, 0.15) is 17.8 Å². The zero-order chi connectivity index (χ0) is 10.8. The molecule has 1 unspecified atom stereocenters. The van der Waals surface area contributed by atoms with E-state index in [2.05, 4.69) is 15.2 Å². The summed E-state index contributed by atoms with van der Waals surface area (Å²) in [6.07, 6.45) is 1.76. The van der Waals surface area contributed by atoms with Crippen molar-refractivity contribution in [1.29, 1.82) is 0 Å². The molecule has 2 N–H and O–H groups in total. The van der Waals surface area contributed by atoms with Crippen molar-refractivity contribution in [3.8, 4) is 0 Å². The van der Waals surface area contributed by atoms with Crippen molar-refractivity contribution in [1.82, 2.24) is 19.7 Å². The van der Waals surface area contributed by atoms with Crippen LogP contribution in [-0.4, -0.2) is 19.7 Å². The van der Waals surface area contributed by atoms with Crippen LogP contribution >= 0.6 is 23.6 Å². The van der Waals surface area contributed by atoms with Gasteiger partial charge in [-0.25, -0.2) is 14.9 Å². The van der Waals surface area contributed by atoms with E-state index in [1.54, 1.807) is 17.5 Å². The zero-order valence-electron chi connectivity index (χ0n) is 8.06. The number of rotatable bonds is 3. The number of aromatic amines is 2. The lowest BCUT2D eigenvalue weighted by atomic mass is 10.2. The molecule has 5 nitrogen and oxygen atoms in total. The van der Waals surface area contributed by atoms with Gasteiger partial charge in [-0.2, -0.15) is 0 Å². The number of hydrogen-bond donors (Lipinski definition) is 2. The average molecular weight is 242 g/mol. The fourth-order valence-electron chi connectivity index (χ4n) is 1.33. The summed E-state index contributed by atoms with van der Waals surface area (Å²) < 4.78 is 1.92. The van der Waals surface area contributed by atoms with Crippen LogP contribution in [-0.2, 0) is 6.54 Å². The quantitative estimate of drug-likeness (QED) is 0.801. The highest BCUT2D eigenvalue weighted by Gasteiger charge is 2.11. The molecule has 15 heavy (non-hydrogen) atoms. The molecule has 2 aromatic heterocycles. The monoisotopic (exact) mass is 242 g/mol. The van der Waals surface area contributed by atoms with E-state index in [9.17, 15) is 4.79 Å². The van der Waals surface area contributed by atoms with Gasteiger partial charge < -0.3 is 0 Å². The van der Waals surface area contributed by atoms with Gasteiger partial charge in [0.25, 0.3) is 0 Å². The summed E-state index contributed by atoms with van der Waals surface area (Å²) in [6.45, 7) is 2.57. The summed E-state index contributed by atoms with van der Waals surface area (Å²) in [4.78, 5) is 15.5. The zero-order valence-corrected chi connectivity index (χ0v) is 9.69. The Balaban J connectivity index is 2.23. The third kappa shape index (κ3) is 2.07.